The smallest absolute Gasteiger partial charge is 0.258 e. The van der Waals surface area contributed by atoms with E-state index in [1.165, 1.54) is 4.90 Å². The van der Waals surface area contributed by atoms with Crippen molar-refractivity contribution in [2.24, 2.45) is 5.92 Å². The summed E-state index contributed by atoms with van der Waals surface area (Å²) in [4.78, 5) is 32.8. The Morgan fingerprint density at radius 1 is 1.39 bits per heavy atom. The Kier molecular flexibility index (Phi) is 3.93. The van der Waals surface area contributed by atoms with E-state index in [1.807, 2.05) is 0 Å². The molecule has 122 valence electrons. The van der Waals surface area contributed by atoms with Crippen molar-refractivity contribution in [3.63, 3.8) is 0 Å². The van der Waals surface area contributed by atoms with Crippen LogP contribution in [0.1, 0.15) is 12.2 Å². The van der Waals surface area contributed by atoms with Gasteiger partial charge in [-0.25, -0.2) is 13.4 Å². The summed E-state index contributed by atoms with van der Waals surface area (Å²) in [5.41, 5.74) is 0.311. The molecule has 0 bridgehead atoms. The molecule has 1 aromatic carbocycles. The van der Waals surface area contributed by atoms with Gasteiger partial charge >= 0.3 is 0 Å². The molecule has 0 saturated carbocycles. The van der Waals surface area contributed by atoms with Crippen LogP contribution in [0.15, 0.2) is 29.1 Å². The molecule has 0 aliphatic carbocycles. The van der Waals surface area contributed by atoms with Crippen molar-refractivity contribution in [2.45, 2.75) is 13.0 Å². The molecule has 1 N–H and O–H groups in total. The van der Waals surface area contributed by atoms with E-state index in [1.54, 1.807) is 31.3 Å². The summed E-state index contributed by atoms with van der Waals surface area (Å²) in [5.74, 6) is -0.398. The highest BCUT2D eigenvalue weighted by molar-refractivity contribution is 7.91. The average Bonchev–Trinajstić information content (AvgIpc) is 2.86. The Labute approximate surface area is 133 Å². The molecule has 2 aromatic rings. The predicted octanol–water partition coefficient (Wildman–Crippen LogP) is 0.316. The summed E-state index contributed by atoms with van der Waals surface area (Å²) in [6.45, 7) is 0.134. The van der Waals surface area contributed by atoms with E-state index < -0.39 is 15.8 Å². The molecule has 0 radical (unpaired) electrons. The Balaban J connectivity index is 1.79. The van der Waals surface area contributed by atoms with Gasteiger partial charge in [0.1, 0.15) is 5.82 Å². The van der Waals surface area contributed by atoms with Gasteiger partial charge in [-0.2, -0.15) is 0 Å². The van der Waals surface area contributed by atoms with Crippen LogP contribution in [0.4, 0.5) is 0 Å². The lowest BCUT2D eigenvalue weighted by atomic mass is 10.1. The number of H-pyrrole nitrogens is 1. The molecule has 7 nitrogen and oxygen atoms in total. The lowest BCUT2D eigenvalue weighted by molar-refractivity contribution is -0.134. The van der Waals surface area contributed by atoms with Crippen molar-refractivity contribution in [3.8, 4) is 0 Å². The van der Waals surface area contributed by atoms with Crippen LogP contribution in [0.25, 0.3) is 10.9 Å². The molecule has 23 heavy (non-hydrogen) atoms. The van der Waals surface area contributed by atoms with Gasteiger partial charge in [-0.15, -0.1) is 0 Å². The number of sulfone groups is 1. The standard InChI is InChI=1S/C15H17N3O4S/c1-18(15(20)10-6-7-23(21,22)9-10)8-13-16-12-5-3-2-4-11(12)14(19)17-13/h2-5,10H,6-9H2,1H3,(H,16,17,19). The van der Waals surface area contributed by atoms with Crippen LogP contribution in [-0.4, -0.2) is 47.7 Å². The van der Waals surface area contributed by atoms with Crippen LogP contribution >= 0.6 is 0 Å². The normalized spacial score (nSPS) is 19.8. The summed E-state index contributed by atoms with van der Waals surface area (Å²) in [6, 6.07) is 6.97. The molecule has 1 aliphatic rings. The van der Waals surface area contributed by atoms with Crippen molar-refractivity contribution in [3.05, 3.63) is 40.4 Å². The van der Waals surface area contributed by atoms with Gasteiger partial charge in [0.15, 0.2) is 9.84 Å². The number of carbonyl (C=O) groups excluding carboxylic acids is 1. The van der Waals surface area contributed by atoms with Gasteiger partial charge in [0.25, 0.3) is 5.56 Å². The van der Waals surface area contributed by atoms with E-state index >= 15 is 0 Å². The summed E-state index contributed by atoms with van der Waals surface area (Å²) < 4.78 is 23.0. The maximum absolute atomic E-state index is 12.3. The molecular formula is C15H17N3O4S. The van der Waals surface area contributed by atoms with E-state index in [0.717, 1.165) is 0 Å². The monoisotopic (exact) mass is 335 g/mol. The number of nitrogens with zero attached hydrogens (tertiary/aromatic N) is 2. The fourth-order valence-electron chi connectivity index (χ4n) is 2.81. The number of amides is 1. The van der Waals surface area contributed by atoms with E-state index in [-0.39, 0.29) is 29.5 Å². The highest BCUT2D eigenvalue weighted by Gasteiger charge is 2.34. The predicted molar refractivity (Wildman–Crippen MR) is 85.6 cm³/mol. The Hall–Kier alpha value is -2.22. The fraction of sp³-hybridized carbons (Fsp3) is 0.400. The first-order valence-corrected chi connectivity index (χ1v) is 9.11. The van der Waals surface area contributed by atoms with Crippen molar-refractivity contribution in [1.29, 1.82) is 0 Å². The number of para-hydroxylation sites is 1. The number of hydrogen-bond donors (Lipinski definition) is 1. The number of nitrogens with one attached hydrogen (secondary N) is 1. The third-order valence-electron chi connectivity index (χ3n) is 4.01. The first-order chi connectivity index (χ1) is 10.9. The molecule has 1 aromatic heterocycles. The lowest BCUT2D eigenvalue weighted by Crippen LogP contribution is -2.34. The van der Waals surface area contributed by atoms with Gasteiger partial charge in [-0.3, -0.25) is 9.59 Å². The summed E-state index contributed by atoms with van der Waals surface area (Å²) in [6.07, 6.45) is 0.354. The van der Waals surface area contributed by atoms with E-state index in [4.69, 9.17) is 0 Å². The maximum Gasteiger partial charge on any atom is 0.258 e. The summed E-state index contributed by atoms with van der Waals surface area (Å²) in [5, 5.41) is 0.493. The third kappa shape index (κ3) is 3.26. The Morgan fingerprint density at radius 2 is 2.13 bits per heavy atom. The van der Waals surface area contributed by atoms with Gasteiger partial charge < -0.3 is 9.88 Å². The second kappa shape index (κ2) is 5.77. The molecule has 0 spiro atoms. The van der Waals surface area contributed by atoms with E-state index in [9.17, 15) is 18.0 Å². The number of fused-ring (bicyclic) bond motifs is 1. The van der Waals surface area contributed by atoms with Gasteiger partial charge in [0.05, 0.1) is 34.9 Å². The Bertz CT molecular complexity index is 920. The fourth-order valence-corrected chi connectivity index (χ4v) is 4.55. The van der Waals surface area contributed by atoms with Crippen molar-refractivity contribution >= 4 is 26.6 Å². The maximum atomic E-state index is 12.3. The number of carbonyl (C=O) groups is 1. The van der Waals surface area contributed by atoms with Gasteiger partial charge in [-0.1, -0.05) is 12.1 Å². The zero-order chi connectivity index (χ0) is 16.6. The highest BCUT2D eigenvalue weighted by Crippen LogP contribution is 2.20. The van der Waals surface area contributed by atoms with Crippen molar-refractivity contribution in [2.75, 3.05) is 18.6 Å². The molecule has 1 saturated heterocycles. The van der Waals surface area contributed by atoms with Crippen LogP contribution < -0.4 is 5.56 Å². The molecule has 3 rings (SSSR count). The molecule has 8 heteroatoms. The number of hydrogen-bond acceptors (Lipinski definition) is 5. The van der Waals surface area contributed by atoms with Crippen LogP contribution in [-0.2, 0) is 21.2 Å². The van der Waals surface area contributed by atoms with Crippen LogP contribution in [0, 0.1) is 5.92 Å². The molecule has 1 amide bonds. The number of aromatic nitrogens is 2. The minimum absolute atomic E-state index is 0.0578. The number of aromatic amines is 1. The summed E-state index contributed by atoms with van der Waals surface area (Å²) >= 11 is 0. The largest absolute Gasteiger partial charge is 0.338 e. The average molecular weight is 335 g/mol. The lowest BCUT2D eigenvalue weighted by Gasteiger charge is -2.19. The third-order valence-corrected chi connectivity index (χ3v) is 5.77. The zero-order valence-electron chi connectivity index (χ0n) is 12.7. The van der Waals surface area contributed by atoms with Gasteiger partial charge in [0, 0.05) is 7.05 Å². The van der Waals surface area contributed by atoms with Gasteiger partial charge in [-0.05, 0) is 18.6 Å². The minimum atomic E-state index is -3.10. The number of rotatable bonds is 3. The van der Waals surface area contributed by atoms with Crippen LogP contribution in [0.3, 0.4) is 0 Å². The molecule has 1 aliphatic heterocycles. The van der Waals surface area contributed by atoms with Crippen LogP contribution in [0.5, 0.6) is 0 Å². The van der Waals surface area contributed by atoms with Crippen molar-refractivity contribution < 1.29 is 13.2 Å². The first-order valence-electron chi connectivity index (χ1n) is 7.29. The van der Waals surface area contributed by atoms with Gasteiger partial charge in [0.2, 0.25) is 5.91 Å². The zero-order valence-corrected chi connectivity index (χ0v) is 13.5. The second-order valence-corrected chi connectivity index (χ2v) is 8.05. The SMILES string of the molecule is CN(Cc1nc2ccccc2c(=O)[nH]1)C(=O)C1CCS(=O)(=O)C1. The minimum Gasteiger partial charge on any atom is -0.338 e. The van der Waals surface area contributed by atoms with Crippen LogP contribution in [0.2, 0.25) is 0 Å². The molecular weight excluding hydrogens is 318 g/mol. The van der Waals surface area contributed by atoms with E-state index in [2.05, 4.69) is 9.97 Å². The number of benzene rings is 1. The second-order valence-electron chi connectivity index (χ2n) is 5.82. The highest BCUT2D eigenvalue weighted by atomic mass is 32.2. The van der Waals surface area contributed by atoms with E-state index in [0.29, 0.717) is 23.1 Å². The Morgan fingerprint density at radius 3 is 2.83 bits per heavy atom. The quantitative estimate of drug-likeness (QED) is 0.870. The molecule has 1 unspecified atom stereocenters. The molecule has 1 atom stereocenters. The topological polar surface area (TPSA) is 100 Å². The van der Waals surface area contributed by atoms with Crippen molar-refractivity contribution in [1.82, 2.24) is 14.9 Å². The first kappa shape index (κ1) is 15.7. The molecule has 2 heterocycles. The summed E-state index contributed by atoms with van der Waals surface area (Å²) in [7, 11) is -1.52. The molecule has 1 fully saturated rings.